The third kappa shape index (κ3) is 2.81. The van der Waals surface area contributed by atoms with Crippen LogP contribution < -0.4 is 20.1 Å². The molecule has 0 aliphatic carbocycles. The van der Waals surface area contributed by atoms with E-state index in [-0.39, 0.29) is 0 Å². The van der Waals surface area contributed by atoms with Gasteiger partial charge in [-0.3, -0.25) is 0 Å². The van der Waals surface area contributed by atoms with Crippen LogP contribution in [0.5, 0.6) is 11.5 Å². The van der Waals surface area contributed by atoms with Crippen molar-refractivity contribution in [3.8, 4) is 11.5 Å². The van der Waals surface area contributed by atoms with E-state index >= 15 is 0 Å². The van der Waals surface area contributed by atoms with Crippen molar-refractivity contribution in [1.29, 1.82) is 0 Å². The fourth-order valence-electron chi connectivity index (χ4n) is 2.68. The van der Waals surface area contributed by atoms with Crippen molar-refractivity contribution in [1.82, 2.24) is 5.32 Å². The number of rotatable bonds is 4. The minimum Gasteiger partial charge on any atom is -0.497 e. The Morgan fingerprint density at radius 3 is 2.52 bits per heavy atom. The maximum Gasteiger partial charge on any atom is 0.142 e. The van der Waals surface area contributed by atoms with E-state index in [0.717, 1.165) is 42.4 Å². The zero-order valence-corrected chi connectivity index (χ0v) is 12.4. The predicted octanol–water partition coefficient (Wildman–Crippen LogP) is 3.09. The molecule has 0 spiro atoms. The summed E-state index contributed by atoms with van der Waals surface area (Å²) in [5.41, 5.74) is 4.77. The zero-order chi connectivity index (χ0) is 14.7. The second-order valence-electron chi connectivity index (χ2n) is 5.06. The quantitative estimate of drug-likeness (QED) is 0.905. The van der Waals surface area contributed by atoms with Crippen LogP contribution in [0.1, 0.15) is 11.1 Å². The molecule has 0 bridgehead atoms. The second kappa shape index (κ2) is 6.06. The van der Waals surface area contributed by atoms with Crippen molar-refractivity contribution in [2.45, 2.75) is 13.0 Å². The summed E-state index contributed by atoms with van der Waals surface area (Å²) in [7, 11) is 3.38. The lowest BCUT2D eigenvalue weighted by atomic mass is 9.98. The molecule has 0 fully saturated rings. The fraction of sp³-hybridized carbons (Fsp3) is 0.294. The van der Waals surface area contributed by atoms with Gasteiger partial charge in [-0.25, -0.2) is 0 Å². The summed E-state index contributed by atoms with van der Waals surface area (Å²) in [5.74, 6) is 1.73. The fourth-order valence-corrected chi connectivity index (χ4v) is 2.68. The molecule has 0 saturated carbocycles. The number of hydrogen-bond acceptors (Lipinski definition) is 4. The van der Waals surface area contributed by atoms with Gasteiger partial charge in [0.2, 0.25) is 0 Å². The Morgan fingerprint density at radius 2 is 1.81 bits per heavy atom. The molecule has 4 heteroatoms. The summed E-state index contributed by atoms with van der Waals surface area (Å²) in [4.78, 5) is 0. The predicted molar refractivity (Wildman–Crippen MR) is 84.7 cm³/mol. The van der Waals surface area contributed by atoms with E-state index in [2.05, 4.69) is 16.7 Å². The highest BCUT2D eigenvalue weighted by Gasteiger charge is 2.17. The summed E-state index contributed by atoms with van der Waals surface area (Å²) in [6.45, 7) is 1.91. The summed E-state index contributed by atoms with van der Waals surface area (Å²) in [5, 5.41) is 6.89. The van der Waals surface area contributed by atoms with Gasteiger partial charge in [-0.05, 0) is 54.4 Å². The average Bonchev–Trinajstić information content (AvgIpc) is 2.56. The Labute approximate surface area is 125 Å². The summed E-state index contributed by atoms with van der Waals surface area (Å²) in [6.07, 6.45) is 1.00. The number of anilines is 2. The summed E-state index contributed by atoms with van der Waals surface area (Å²) >= 11 is 0. The smallest absolute Gasteiger partial charge is 0.142 e. The molecule has 0 unspecified atom stereocenters. The van der Waals surface area contributed by atoms with Gasteiger partial charge < -0.3 is 20.1 Å². The highest BCUT2D eigenvalue weighted by atomic mass is 16.5. The van der Waals surface area contributed by atoms with Crippen molar-refractivity contribution in [3.63, 3.8) is 0 Å². The van der Waals surface area contributed by atoms with E-state index in [0.29, 0.717) is 0 Å². The average molecular weight is 284 g/mol. The van der Waals surface area contributed by atoms with Gasteiger partial charge in [0.15, 0.2) is 0 Å². The molecule has 0 amide bonds. The third-order valence-corrected chi connectivity index (χ3v) is 3.82. The minimum atomic E-state index is 0.854. The van der Waals surface area contributed by atoms with Gasteiger partial charge in [0.05, 0.1) is 19.9 Å². The van der Waals surface area contributed by atoms with E-state index in [1.807, 2.05) is 30.3 Å². The summed E-state index contributed by atoms with van der Waals surface area (Å²) in [6, 6.07) is 12.1. The van der Waals surface area contributed by atoms with Gasteiger partial charge in [-0.2, -0.15) is 0 Å². The first-order valence-corrected chi connectivity index (χ1v) is 7.12. The molecule has 2 N–H and O–H groups in total. The Bertz CT molecular complexity index is 623. The first kappa shape index (κ1) is 13.8. The maximum atomic E-state index is 5.52. The molecule has 0 saturated heterocycles. The molecule has 0 atom stereocenters. The van der Waals surface area contributed by atoms with E-state index in [9.17, 15) is 0 Å². The molecule has 1 heterocycles. The van der Waals surface area contributed by atoms with Gasteiger partial charge in [-0.15, -0.1) is 0 Å². The van der Waals surface area contributed by atoms with Crippen LogP contribution >= 0.6 is 0 Å². The highest BCUT2D eigenvalue weighted by molar-refractivity contribution is 5.72. The minimum absolute atomic E-state index is 0.854. The number of ether oxygens (including phenoxy) is 2. The monoisotopic (exact) mass is 284 g/mol. The molecule has 2 aromatic carbocycles. The molecule has 1 aliphatic heterocycles. The van der Waals surface area contributed by atoms with Crippen molar-refractivity contribution >= 4 is 11.4 Å². The molecule has 0 radical (unpaired) electrons. The van der Waals surface area contributed by atoms with Crippen LogP contribution in [0, 0.1) is 0 Å². The van der Waals surface area contributed by atoms with Crippen LogP contribution in [-0.2, 0) is 13.0 Å². The van der Waals surface area contributed by atoms with Gasteiger partial charge in [0.1, 0.15) is 11.5 Å². The first-order chi connectivity index (χ1) is 10.3. The molecule has 110 valence electrons. The molecule has 21 heavy (non-hydrogen) atoms. The maximum absolute atomic E-state index is 5.52. The Kier molecular flexibility index (Phi) is 3.97. The Balaban J connectivity index is 1.95. The van der Waals surface area contributed by atoms with Crippen LogP contribution in [0.4, 0.5) is 11.4 Å². The molecule has 2 aromatic rings. The summed E-state index contributed by atoms with van der Waals surface area (Å²) < 4.78 is 10.7. The molecule has 1 aliphatic rings. The lowest BCUT2D eigenvalue weighted by Gasteiger charge is -2.23. The largest absolute Gasteiger partial charge is 0.497 e. The van der Waals surface area contributed by atoms with Crippen LogP contribution in [-0.4, -0.2) is 20.8 Å². The number of fused-ring (bicyclic) bond motifs is 1. The van der Waals surface area contributed by atoms with Gasteiger partial charge in [0.25, 0.3) is 0 Å². The van der Waals surface area contributed by atoms with E-state index in [4.69, 9.17) is 9.47 Å². The van der Waals surface area contributed by atoms with Crippen molar-refractivity contribution in [2.75, 3.05) is 26.1 Å². The molecular weight excluding hydrogens is 264 g/mol. The SMILES string of the molecule is COc1ccc(Nc2c(OC)ccc3c2CCNC3)cc1. The number of hydrogen-bond donors (Lipinski definition) is 2. The highest BCUT2D eigenvalue weighted by Crippen LogP contribution is 2.35. The topological polar surface area (TPSA) is 42.5 Å². The van der Waals surface area contributed by atoms with Crippen molar-refractivity contribution in [3.05, 3.63) is 47.5 Å². The second-order valence-corrected chi connectivity index (χ2v) is 5.06. The van der Waals surface area contributed by atoms with Crippen molar-refractivity contribution in [2.24, 2.45) is 0 Å². The molecule has 0 aromatic heterocycles. The third-order valence-electron chi connectivity index (χ3n) is 3.82. The van der Waals surface area contributed by atoms with Crippen LogP contribution in [0.25, 0.3) is 0 Å². The zero-order valence-electron chi connectivity index (χ0n) is 12.4. The van der Waals surface area contributed by atoms with E-state index in [1.165, 1.54) is 11.1 Å². The lowest BCUT2D eigenvalue weighted by Crippen LogP contribution is -2.24. The van der Waals surface area contributed by atoms with E-state index < -0.39 is 0 Å². The van der Waals surface area contributed by atoms with E-state index in [1.54, 1.807) is 14.2 Å². The van der Waals surface area contributed by atoms with Crippen molar-refractivity contribution < 1.29 is 9.47 Å². The molecular formula is C17H20N2O2. The Hall–Kier alpha value is -2.20. The standard InChI is InChI=1S/C17H20N2O2/c1-20-14-6-4-13(5-7-14)19-17-15-9-10-18-11-12(15)3-8-16(17)21-2/h3-8,18-19H,9-11H2,1-2H3. The number of benzene rings is 2. The van der Waals surface area contributed by atoms with Gasteiger partial charge in [0, 0.05) is 12.2 Å². The molecule has 4 nitrogen and oxygen atoms in total. The molecule has 3 rings (SSSR count). The Morgan fingerprint density at radius 1 is 1.00 bits per heavy atom. The van der Waals surface area contributed by atoms with Gasteiger partial charge >= 0.3 is 0 Å². The van der Waals surface area contributed by atoms with Crippen LogP contribution in [0.15, 0.2) is 36.4 Å². The number of methoxy groups -OCH3 is 2. The number of nitrogens with one attached hydrogen (secondary N) is 2. The van der Waals surface area contributed by atoms with Crippen LogP contribution in [0.2, 0.25) is 0 Å². The lowest BCUT2D eigenvalue weighted by molar-refractivity contribution is 0.414. The van der Waals surface area contributed by atoms with Gasteiger partial charge in [-0.1, -0.05) is 6.07 Å². The first-order valence-electron chi connectivity index (χ1n) is 7.12. The normalized spacial score (nSPS) is 13.4. The van der Waals surface area contributed by atoms with Crippen LogP contribution in [0.3, 0.4) is 0 Å².